The summed E-state index contributed by atoms with van der Waals surface area (Å²) in [6, 6.07) is 3.20. The third kappa shape index (κ3) is 2.03. The first kappa shape index (κ1) is 11.7. The Morgan fingerprint density at radius 2 is 2.18 bits per heavy atom. The fraction of sp³-hybridized carbons (Fsp3) is 0.308. The zero-order valence-corrected chi connectivity index (χ0v) is 9.95. The van der Waals surface area contributed by atoms with Crippen LogP contribution in [-0.4, -0.2) is 22.1 Å². The second kappa shape index (κ2) is 4.22. The third-order valence-electron chi connectivity index (χ3n) is 3.23. The highest BCUT2D eigenvalue weighted by atomic mass is 16.4. The summed E-state index contributed by atoms with van der Waals surface area (Å²) in [6.45, 7) is 4.10. The Balaban J connectivity index is 2.44. The summed E-state index contributed by atoms with van der Waals surface area (Å²) in [4.78, 5) is 13.9. The Morgan fingerprint density at radius 1 is 1.47 bits per heavy atom. The van der Waals surface area contributed by atoms with E-state index in [-0.39, 0.29) is 0 Å². The zero-order valence-electron chi connectivity index (χ0n) is 9.95. The van der Waals surface area contributed by atoms with Gasteiger partial charge in [-0.25, -0.2) is 0 Å². The van der Waals surface area contributed by atoms with E-state index in [2.05, 4.69) is 18.8 Å². The van der Waals surface area contributed by atoms with E-state index in [1.807, 2.05) is 18.3 Å². The number of aliphatic carboxylic acids is 1. The number of H-pyrrole nitrogens is 1. The van der Waals surface area contributed by atoms with Crippen molar-refractivity contribution in [3.05, 3.63) is 35.0 Å². The second-order valence-corrected chi connectivity index (χ2v) is 4.39. The van der Waals surface area contributed by atoms with E-state index in [0.717, 1.165) is 16.5 Å². The number of fused-ring (bicyclic) bond motifs is 1. The molecular formula is C13H16N2O2. The number of hydrogen-bond acceptors (Lipinski definition) is 2. The van der Waals surface area contributed by atoms with Crippen molar-refractivity contribution in [2.75, 3.05) is 0 Å². The smallest absolute Gasteiger partial charge is 0.320 e. The molecule has 2 aromatic rings. The summed E-state index contributed by atoms with van der Waals surface area (Å²) in [5, 5.41) is 9.88. The van der Waals surface area contributed by atoms with Crippen LogP contribution in [0, 0.1) is 13.8 Å². The SMILES string of the molecule is Cc1ccc2c(C[C@H](N)C(=O)O)c[nH]c2c1C. The minimum Gasteiger partial charge on any atom is -0.480 e. The molecule has 0 aliphatic rings. The van der Waals surface area contributed by atoms with E-state index in [1.54, 1.807) is 0 Å². The Kier molecular flexibility index (Phi) is 2.90. The number of aromatic amines is 1. The lowest BCUT2D eigenvalue weighted by Gasteiger charge is -2.06. The lowest BCUT2D eigenvalue weighted by molar-refractivity contribution is -0.138. The van der Waals surface area contributed by atoms with Crippen LogP contribution < -0.4 is 5.73 Å². The summed E-state index contributed by atoms with van der Waals surface area (Å²) in [6.07, 6.45) is 2.19. The largest absolute Gasteiger partial charge is 0.480 e. The van der Waals surface area contributed by atoms with Crippen LogP contribution in [0.2, 0.25) is 0 Å². The minimum absolute atomic E-state index is 0.345. The molecule has 0 fully saturated rings. The first-order valence-corrected chi connectivity index (χ1v) is 5.55. The van der Waals surface area contributed by atoms with Crippen molar-refractivity contribution in [2.24, 2.45) is 5.73 Å². The molecule has 0 bridgehead atoms. The highest BCUT2D eigenvalue weighted by Gasteiger charge is 2.15. The average Bonchev–Trinajstić information content (AvgIpc) is 2.67. The van der Waals surface area contributed by atoms with Gasteiger partial charge in [-0.3, -0.25) is 4.79 Å². The summed E-state index contributed by atoms with van der Waals surface area (Å²) in [5.74, 6) is -0.969. The molecule has 17 heavy (non-hydrogen) atoms. The number of rotatable bonds is 3. The highest BCUT2D eigenvalue weighted by molar-refractivity contribution is 5.87. The average molecular weight is 232 g/mol. The van der Waals surface area contributed by atoms with Crippen molar-refractivity contribution in [2.45, 2.75) is 26.3 Å². The van der Waals surface area contributed by atoms with Gasteiger partial charge in [0.2, 0.25) is 0 Å². The minimum atomic E-state index is -0.969. The Morgan fingerprint density at radius 3 is 2.82 bits per heavy atom. The van der Waals surface area contributed by atoms with Crippen LogP contribution in [0.5, 0.6) is 0 Å². The molecule has 0 saturated carbocycles. The molecule has 4 N–H and O–H groups in total. The third-order valence-corrected chi connectivity index (χ3v) is 3.23. The number of hydrogen-bond donors (Lipinski definition) is 3. The second-order valence-electron chi connectivity index (χ2n) is 4.39. The number of aryl methyl sites for hydroxylation is 2. The van der Waals surface area contributed by atoms with Crippen LogP contribution >= 0.6 is 0 Å². The quantitative estimate of drug-likeness (QED) is 0.754. The van der Waals surface area contributed by atoms with Crippen LogP contribution in [0.15, 0.2) is 18.3 Å². The summed E-state index contributed by atoms with van der Waals surface area (Å²) in [7, 11) is 0. The fourth-order valence-electron chi connectivity index (χ4n) is 2.00. The van der Waals surface area contributed by atoms with Crippen LogP contribution in [-0.2, 0) is 11.2 Å². The molecule has 4 nitrogen and oxygen atoms in total. The molecule has 1 atom stereocenters. The Hall–Kier alpha value is -1.81. The molecule has 1 aromatic heterocycles. The predicted octanol–water partition coefficient (Wildman–Crippen LogP) is 1.74. The first-order chi connectivity index (χ1) is 8.00. The highest BCUT2D eigenvalue weighted by Crippen LogP contribution is 2.24. The molecule has 0 spiro atoms. The summed E-state index contributed by atoms with van der Waals surface area (Å²) in [5.41, 5.74) is 9.99. The maximum atomic E-state index is 10.7. The normalized spacial score (nSPS) is 12.9. The zero-order chi connectivity index (χ0) is 12.6. The molecule has 2 rings (SSSR count). The van der Waals surface area contributed by atoms with Gasteiger partial charge in [0.15, 0.2) is 0 Å². The topological polar surface area (TPSA) is 79.1 Å². The summed E-state index contributed by atoms with van der Waals surface area (Å²) < 4.78 is 0. The van der Waals surface area contributed by atoms with Gasteiger partial charge < -0.3 is 15.8 Å². The Bertz CT molecular complexity index is 572. The molecule has 1 heterocycles. The van der Waals surface area contributed by atoms with Gasteiger partial charge in [-0.15, -0.1) is 0 Å². The van der Waals surface area contributed by atoms with Crippen molar-refractivity contribution in [1.82, 2.24) is 4.98 Å². The summed E-state index contributed by atoms with van der Waals surface area (Å²) >= 11 is 0. The van der Waals surface area contributed by atoms with Crippen LogP contribution in [0.25, 0.3) is 10.9 Å². The van der Waals surface area contributed by atoms with Crippen molar-refractivity contribution >= 4 is 16.9 Å². The van der Waals surface area contributed by atoms with Crippen LogP contribution in [0.1, 0.15) is 16.7 Å². The van der Waals surface area contributed by atoms with Crippen LogP contribution in [0.4, 0.5) is 0 Å². The van der Waals surface area contributed by atoms with E-state index >= 15 is 0 Å². The maximum Gasteiger partial charge on any atom is 0.320 e. The van der Waals surface area contributed by atoms with Crippen molar-refractivity contribution in [3.8, 4) is 0 Å². The van der Waals surface area contributed by atoms with Crippen LogP contribution in [0.3, 0.4) is 0 Å². The van der Waals surface area contributed by atoms with E-state index in [9.17, 15) is 4.79 Å². The van der Waals surface area contributed by atoms with Crippen molar-refractivity contribution < 1.29 is 9.90 Å². The fourth-order valence-corrected chi connectivity index (χ4v) is 2.00. The number of aromatic nitrogens is 1. The molecule has 1 aromatic carbocycles. The van der Waals surface area contributed by atoms with Gasteiger partial charge in [-0.1, -0.05) is 12.1 Å². The standard InChI is InChI=1S/C13H16N2O2/c1-7-3-4-10-9(5-11(14)13(16)17)6-15-12(10)8(7)2/h3-4,6,11,15H,5,14H2,1-2H3,(H,16,17)/t11-/m0/s1. The lowest BCUT2D eigenvalue weighted by atomic mass is 10.0. The van der Waals surface area contributed by atoms with E-state index < -0.39 is 12.0 Å². The van der Waals surface area contributed by atoms with Gasteiger partial charge in [0.25, 0.3) is 0 Å². The van der Waals surface area contributed by atoms with Crippen molar-refractivity contribution in [3.63, 3.8) is 0 Å². The van der Waals surface area contributed by atoms with Gasteiger partial charge in [0.05, 0.1) is 0 Å². The molecule has 0 unspecified atom stereocenters. The van der Waals surface area contributed by atoms with Gasteiger partial charge in [0.1, 0.15) is 6.04 Å². The molecule has 0 aliphatic heterocycles. The molecular weight excluding hydrogens is 216 g/mol. The monoisotopic (exact) mass is 232 g/mol. The van der Waals surface area contributed by atoms with Gasteiger partial charge >= 0.3 is 5.97 Å². The molecule has 90 valence electrons. The number of nitrogens with two attached hydrogens (primary N) is 1. The van der Waals surface area contributed by atoms with E-state index in [0.29, 0.717) is 6.42 Å². The number of benzene rings is 1. The van der Waals surface area contributed by atoms with Gasteiger partial charge in [0, 0.05) is 23.5 Å². The van der Waals surface area contributed by atoms with E-state index in [4.69, 9.17) is 10.8 Å². The number of carboxylic acids is 1. The van der Waals surface area contributed by atoms with E-state index in [1.165, 1.54) is 11.1 Å². The number of carboxylic acid groups (broad SMARTS) is 1. The molecule has 0 saturated heterocycles. The Labute approximate surface area is 99.4 Å². The predicted molar refractivity (Wildman–Crippen MR) is 67.1 cm³/mol. The maximum absolute atomic E-state index is 10.7. The molecule has 0 amide bonds. The van der Waals surface area contributed by atoms with Gasteiger partial charge in [-0.2, -0.15) is 0 Å². The number of carbonyl (C=O) groups is 1. The van der Waals surface area contributed by atoms with Crippen molar-refractivity contribution in [1.29, 1.82) is 0 Å². The molecule has 0 radical (unpaired) electrons. The van der Waals surface area contributed by atoms with Gasteiger partial charge in [-0.05, 0) is 30.5 Å². The molecule has 4 heteroatoms. The molecule has 0 aliphatic carbocycles. The number of nitrogens with one attached hydrogen (secondary N) is 1. The first-order valence-electron chi connectivity index (χ1n) is 5.55. The lowest BCUT2D eigenvalue weighted by Crippen LogP contribution is -2.32.